The van der Waals surface area contributed by atoms with Crippen molar-refractivity contribution in [3.63, 3.8) is 0 Å². The highest BCUT2D eigenvalue weighted by Crippen LogP contribution is 2.22. The van der Waals surface area contributed by atoms with Crippen molar-refractivity contribution in [2.75, 3.05) is 13.1 Å². The molecule has 1 unspecified atom stereocenters. The molecule has 6 heteroatoms. The highest BCUT2D eigenvalue weighted by atomic mass is 16.2. The van der Waals surface area contributed by atoms with E-state index in [4.69, 9.17) is 5.73 Å². The number of rotatable bonds is 13. The van der Waals surface area contributed by atoms with Gasteiger partial charge in [0.25, 0.3) is 0 Å². The van der Waals surface area contributed by atoms with E-state index in [0.717, 1.165) is 37.7 Å². The van der Waals surface area contributed by atoms with E-state index in [2.05, 4.69) is 83.3 Å². The number of nitrogens with one attached hydrogen (secondary N) is 1. The summed E-state index contributed by atoms with van der Waals surface area (Å²) in [4.78, 5) is 34.9. The SMILES string of the molecule is CC.CC(C)CC(C)CC(N)=O.CCC.CCCCN(Cc1cccc(C2=CCCC=C2)c1)C(=O)CNC=O. The van der Waals surface area contributed by atoms with Crippen LogP contribution in [0.3, 0.4) is 0 Å². The fraction of sp³-hybridized carbons (Fsp3) is 0.606. The molecule has 0 saturated heterocycles. The lowest BCUT2D eigenvalue weighted by atomic mass is 9.96. The molecule has 0 aromatic heterocycles. The molecular formula is C33H57N3O3. The summed E-state index contributed by atoms with van der Waals surface area (Å²) < 4.78 is 0. The summed E-state index contributed by atoms with van der Waals surface area (Å²) in [6.45, 7) is 18.1. The van der Waals surface area contributed by atoms with Crippen molar-refractivity contribution in [3.8, 4) is 0 Å². The van der Waals surface area contributed by atoms with Crippen molar-refractivity contribution in [2.24, 2.45) is 17.6 Å². The Balaban J connectivity index is 0. The number of amides is 3. The Labute approximate surface area is 239 Å². The van der Waals surface area contributed by atoms with Gasteiger partial charge in [0.1, 0.15) is 0 Å². The van der Waals surface area contributed by atoms with Gasteiger partial charge in [-0.15, -0.1) is 0 Å². The number of carbonyl (C=O) groups excluding carboxylic acids is 3. The van der Waals surface area contributed by atoms with Crippen LogP contribution in [0.15, 0.2) is 42.5 Å². The second-order valence-electron chi connectivity index (χ2n) is 10.1. The van der Waals surface area contributed by atoms with Gasteiger partial charge in [-0.2, -0.15) is 0 Å². The van der Waals surface area contributed by atoms with Gasteiger partial charge in [-0.1, -0.05) is 105 Å². The standard InChI is InChI=1S/C20H26N2O2.C8H17NO.C3H8.C2H6/c1-2-3-12-22(20(24)14-21-16-23)15-17-8-7-11-19(13-17)18-9-5-4-6-10-18;1-6(2)4-7(3)5-8(9)10;1-3-2;1-2/h5,7-11,13,16H,2-4,6,12,14-15H2,1H3,(H,21,23);6-7H,4-5H2,1-3H3,(H2,9,10);3H2,1-2H3;1-2H3. The van der Waals surface area contributed by atoms with Crippen LogP contribution in [0, 0.1) is 11.8 Å². The first kappa shape index (κ1) is 38.3. The van der Waals surface area contributed by atoms with E-state index < -0.39 is 0 Å². The maximum absolute atomic E-state index is 12.3. The molecule has 6 nitrogen and oxygen atoms in total. The van der Waals surface area contributed by atoms with Crippen LogP contribution < -0.4 is 11.1 Å². The van der Waals surface area contributed by atoms with E-state index in [1.54, 1.807) is 0 Å². The van der Waals surface area contributed by atoms with Gasteiger partial charge in [0.2, 0.25) is 18.2 Å². The summed E-state index contributed by atoms with van der Waals surface area (Å²) in [5, 5.41) is 2.46. The van der Waals surface area contributed by atoms with Crippen LogP contribution in [-0.2, 0) is 20.9 Å². The fourth-order valence-corrected chi connectivity index (χ4v) is 4.01. The van der Waals surface area contributed by atoms with Crippen molar-refractivity contribution in [3.05, 3.63) is 53.6 Å². The largest absolute Gasteiger partial charge is 0.370 e. The number of hydrogen-bond donors (Lipinski definition) is 2. The third-order valence-electron chi connectivity index (χ3n) is 5.52. The average Bonchev–Trinajstić information content (AvgIpc) is 2.91. The molecule has 1 aromatic carbocycles. The molecule has 39 heavy (non-hydrogen) atoms. The summed E-state index contributed by atoms with van der Waals surface area (Å²) in [5.41, 5.74) is 8.58. The Kier molecular flexibility index (Phi) is 24.9. The minimum atomic E-state index is -0.187. The van der Waals surface area contributed by atoms with Crippen molar-refractivity contribution >= 4 is 23.8 Å². The normalized spacial score (nSPS) is 12.3. The molecule has 1 aliphatic carbocycles. The first-order valence-electron chi connectivity index (χ1n) is 14.9. The van der Waals surface area contributed by atoms with Crippen molar-refractivity contribution < 1.29 is 14.4 Å². The number of hydrogen-bond acceptors (Lipinski definition) is 3. The predicted molar refractivity (Wildman–Crippen MR) is 167 cm³/mol. The molecule has 0 bridgehead atoms. The number of primary amides is 1. The summed E-state index contributed by atoms with van der Waals surface area (Å²) in [6, 6.07) is 8.36. The Morgan fingerprint density at radius 2 is 1.77 bits per heavy atom. The minimum absolute atomic E-state index is 0.0438. The molecule has 2 rings (SSSR count). The van der Waals surface area contributed by atoms with E-state index in [-0.39, 0.29) is 18.4 Å². The van der Waals surface area contributed by atoms with Gasteiger partial charge in [0.05, 0.1) is 6.54 Å². The first-order chi connectivity index (χ1) is 18.7. The third kappa shape index (κ3) is 20.7. The Bertz CT molecular complexity index is 846. The van der Waals surface area contributed by atoms with E-state index in [9.17, 15) is 14.4 Å². The lowest BCUT2D eigenvalue weighted by molar-refractivity contribution is -0.132. The number of nitrogens with two attached hydrogens (primary N) is 1. The van der Waals surface area contributed by atoms with Crippen LogP contribution in [0.1, 0.15) is 111 Å². The molecule has 0 heterocycles. The van der Waals surface area contributed by atoms with Crippen LogP contribution in [0.4, 0.5) is 0 Å². The topological polar surface area (TPSA) is 92.5 Å². The van der Waals surface area contributed by atoms with Crippen molar-refractivity contribution in [2.45, 2.75) is 107 Å². The van der Waals surface area contributed by atoms with Gasteiger partial charge in [-0.05, 0) is 60.3 Å². The quantitative estimate of drug-likeness (QED) is 0.256. The highest BCUT2D eigenvalue weighted by molar-refractivity contribution is 5.80. The molecule has 222 valence electrons. The van der Waals surface area contributed by atoms with E-state index in [0.29, 0.717) is 37.8 Å². The smallest absolute Gasteiger partial charge is 0.242 e. The Hall–Kier alpha value is -2.89. The monoisotopic (exact) mass is 543 g/mol. The lowest BCUT2D eigenvalue weighted by Crippen LogP contribution is -2.38. The lowest BCUT2D eigenvalue weighted by Gasteiger charge is -2.23. The molecular weight excluding hydrogens is 486 g/mol. The molecule has 1 aliphatic rings. The number of carbonyl (C=O) groups is 3. The zero-order valence-electron chi connectivity index (χ0n) is 26.1. The van der Waals surface area contributed by atoms with Gasteiger partial charge in [0.15, 0.2) is 0 Å². The van der Waals surface area contributed by atoms with Gasteiger partial charge in [-0.25, -0.2) is 0 Å². The molecule has 3 N–H and O–H groups in total. The van der Waals surface area contributed by atoms with Gasteiger partial charge >= 0.3 is 0 Å². The van der Waals surface area contributed by atoms with Gasteiger partial charge < -0.3 is 16.0 Å². The number of benzene rings is 1. The van der Waals surface area contributed by atoms with Gasteiger partial charge in [-0.3, -0.25) is 14.4 Å². The molecule has 1 atom stereocenters. The van der Waals surface area contributed by atoms with Crippen LogP contribution >= 0.6 is 0 Å². The molecule has 0 aliphatic heterocycles. The second-order valence-corrected chi connectivity index (χ2v) is 10.1. The van der Waals surface area contributed by atoms with E-state index in [1.807, 2.05) is 24.8 Å². The molecule has 0 fully saturated rings. The van der Waals surface area contributed by atoms with Gasteiger partial charge in [0, 0.05) is 19.5 Å². The molecule has 0 saturated carbocycles. The van der Waals surface area contributed by atoms with Crippen molar-refractivity contribution in [1.82, 2.24) is 10.2 Å². The number of unbranched alkanes of at least 4 members (excludes halogenated alkanes) is 1. The maximum atomic E-state index is 12.3. The van der Waals surface area contributed by atoms with E-state index in [1.165, 1.54) is 17.6 Å². The maximum Gasteiger partial charge on any atom is 0.242 e. The third-order valence-corrected chi connectivity index (χ3v) is 5.52. The average molecular weight is 544 g/mol. The number of nitrogens with zero attached hydrogens (tertiary/aromatic N) is 1. The molecule has 1 aromatic rings. The number of allylic oxidation sites excluding steroid dienone is 4. The zero-order valence-corrected chi connectivity index (χ0v) is 26.1. The molecule has 3 amide bonds. The fourth-order valence-electron chi connectivity index (χ4n) is 4.01. The first-order valence-corrected chi connectivity index (χ1v) is 14.9. The highest BCUT2D eigenvalue weighted by Gasteiger charge is 2.14. The molecule has 0 radical (unpaired) electrons. The Morgan fingerprint density at radius 1 is 1.10 bits per heavy atom. The summed E-state index contributed by atoms with van der Waals surface area (Å²) in [6.07, 6.45) is 14.2. The van der Waals surface area contributed by atoms with Crippen LogP contribution in [0.25, 0.3) is 5.57 Å². The molecule has 0 spiro atoms. The summed E-state index contributed by atoms with van der Waals surface area (Å²) in [7, 11) is 0. The Morgan fingerprint density at radius 3 is 2.28 bits per heavy atom. The summed E-state index contributed by atoms with van der Waals surface area (Å²) >= 11 is 0. The van der Waals surface area contributed by atoms with Crippen LogP contribution in [-0.4, -0.2) is 36.2 Å². The van der Waals surface area contributed by atoms with E-state index >= 15 is 0 Å². The zero-order chi connectivity index (χ0) is 30.1. The predicted octanol–water partition coefficient (Wildman–Crippen LogP) is 7.28. The minimum Gasteiger partial charge on any atom is -0.370 e. The summed E-state index contributed by atoms with van der Waals surface area (Å²) in [5.74, 6) is 0.873. The van der Waals surface area contributed by atoms with Crippen molar-refractivity contribution in [1.29, 1.82) is 0 Å². The van der Waals surface area contributed by atoms with Crippen LogP contribution in [0.2, 0.25) is 0 Å². The van der Waals surface area contributed by atoms with Crippen LogP contribution in [0.5, 0.6) is 0 Å². The second kappa shape index (κ2) is 25.4.